The van der Waals surface area contributed by atoms with Crippen molar-refractivity contribution in [2.75, 3.05) is 26.4 Å². The third-order valence-corrected chi connectivity index (χ3v) is 9.07. The number of allylic oxidation sites excluding steroid dienone is 6. The Hall–Kier alpha value is -1.59. The molecule has 0 aromatic heterocycles. The second kappa shape index (κ2) is 33.3. The second-order valence-corrected chi connectivity index (χ2v) is 13.7. The average molecular weight is 711 g/mol. The number of carbonyl (C=O) groups is 1. The highest BCUT2D eigenvalue weighted by Gasteiger charge is 2.44. The van der Waals surface area contributed by atoms with E-state index in [4.69, 9.17) is 18.9 Å². The molecule has 0 aromatic carbocycles. The molecule has 1 rings (SSSR count). The molecule has 0 aromatic rings. The number of rotatable bonds is 33. The van der Waals surface area contributed by atoms with Crippen molar-refractivity contribution in [3.63, 3.8) is 0 Å². The summed E-state index contributed by atoms with van der Waals surface area (Å²) < 4.78 is 22.7. The predicted molar refractivity (Wildman–Crippen MR) is 201 cm³/mol. The molecule has 1 aliphatic rings. The third-order valence-electron chi connectivity index (χ3n) is 9.07. The summed E-state index contributed by atoms with van der Waals surface area (Å²) in [7, 11) is 0. The quantitative estimate of drug-likeness (QED) is 0.0303. The SMILES string of the molecule is CC/C=C\C/C=C\C/C=C\CCCCCCCC(=O)OC(COCCCCCCCCCCCCCC)COC1OC(CO)C(O)C(O)C1O. The first-order valence-corrected chi connectivity index (χ1v) is 20.1. The highest BCUT2D eigenvalue weighted by atomic mass is 16.7. The highest BCUT2D eigenvalue weighted by molar-refractivity contribution is 5.69. The van der Waals surface area contributed by atoms with Crippen LogP contribution in [0.1, 0.15) is 155 Å². The van der Waals surface area contributed by atoms with Crippen LogP contribution in [0.4, 0.5) is 0 Å². The van der Waals surface area contributed by atoms with Crippen molar-refractivity contribution in [3.8, 4) is 0 Å². The van der Waals surface area contributed by atoms with Crippen molar-refractivity contribution >= 4 is 5.97 Å². The van der Waals surface area contributed by atoms with Gasteiger partial charge in [-0.15, -0.1) is 0 Å². The maximum Gasteiger partial charge on any atom is 0.306 e. The molecule has 0 saturated carbocycles. The van der Waals surface area contributed by atoms with E-state index in [0.717, 1.165) is 70.6 Å². The summed E-state index contributed by atoms with van der Waals surface area (Å²) in [6, 6.07) is 0. The first kappa shape index (κ1) is 46.4. The molecule has 50 heavy (non-hydrogen) atoms. The minimum absolute atomic E-state index is 0.119. The molecule has 4 N–H and O–H groups in total. The largest absolute Gasteiger partial charge is 0.457 e. The fourth-order valence-corrected chi connectivity index (χ4v) is 5.92. The van der Waals surface area contributed by atoms with Crippen molar-refractivity contribution < 1.29 is 44.2 Å². The number of esters is 1. The number of unbranched alkanes of at least 4 members (excludes halogenated alkanes) is 16. The van der Waals surface area contributed by atoms with Crippen LogP contribution in [0.2, 0.25) is 0 Å². The summed E-state index contributed by atoms with van der Waals surface area (Å²) in [5.41, 5.74) is 0. The maximum atomic E-state index is 12.7. The third kappa shape index (κ3) is 24.6. The molecule has 9 heteroatoms. The maximum absolute atomic E-state index is 12.7. The highest BCUT2D eigenvalue weighted by Crippen LogP contribution is 2.22. The van der Waals surface area contributed by atoms with Gasteiger partial charge in [-0.2, -0.15) is 0 Å². The van der Waals surface area contributed by atoms with Gasteiger partial charge in [-0.1, -0.05) is 140 Å². The molecule has 6 atom stereocenters. The van der Waals surface area contributed by atoms with E-state index < -0.39 is 43.4 Å². The Labute approximate surface area is 304 Å². The Kier molecular flexibility index (Phi) is 30.9. The van der Waals surface area contributed by atoms with Gasteiger partial charge < -0.3 is 39.4 Å². The van der Waals surface area contributed by atoms with Crippen LogP contribution in [-0.4, -0.2) is 89.6 Å². The van der Waals surface area contributed by atoms with Gasteiger partial charge in [-0.3, -0.25) is 4.79 Å². The van der Waals surface area contributed by atoms with Gasteiger partial charge in [0.15, 0.2) is 6.29 Å². The van der Waals surface area contributed by atoms with E-state index in [9.17, 15) is 25.2 Å². The van der Waals surface area contributed by atoms with Crippen molar-refractivity contribution in [3.05, 3.63) is 36.5 Å². The minimum atomic E-state index is -1.54. The number of hydrogen-bond donors (Lipinski definition) is 4. The lowest BCUT2D eigenvalue weighted by Crippen LogP contribution is -2.59. The van der Waals surface area contributed by atoms with E-state index in [1.54, 1.807) is 0 Å². The van der Waals surface area contributed by atoms with Crippen LogP contribution >= 0.6 is 0 Å². The zero-order valence-electron chi connectivity index (χ0n) is 31.6. The van der Waals surface area contributed by atoms with Crippen molar-refractivity contribution in [2.45, 2.75) is 192 Å². The summed E-state index contributed by atoms with van der Waals surface area (Å²) in [6.07, 6.45) is 30.2. The molecule has 0 radical (unpaired) electrons. The van der Waals surface area contributed by atoms with Crippen LogP contribution in [0.25, 0.3) is 0 Å². The van der Waals surface area contributed by atoms with E-state index in [0.29, 0.717) is 13.0 Å². The Morgan fingerprint density at radius 3 is 1.84 bits per heavy atom. The fraction of sp³-hybridized carbons (Fsp3) is 0.829. The minimum Gasteiger partial charge on any atom is -0.457 e. The lowest BCUT2D eigenvalue weighted by Gasteiger charge is -2.39. The predicted octanol–water partition coefficient (Wildman–Crippen LogP) is 8.02. The normalized spacial score (nSPS) is 21.9. The number of hydrogen-bond acceptors (Lipinski definition) is 9. The molecule has 0 bridgehead atoms. The fourth-order valence-electron chi connectivity index (χ4n) is 5.92. The van der Waals surface area contributed by atoms with Crippen LogP contribution in [0, 0.1) is 0 Å². The summed E-state index contributed by atoms with van der Waals surface area (Å²) in [6.45, 7) is 4.42. The monoisotopic (exact) mass is 711 g/mol. The molecule has 0 spiro atoms. The Morgan fingerprint density at radius 2 is 1.22 bits per heavy atom. The first-order valence-electron chi connectivity index (χ1n) is 20.1. The smallest absolute Gasteiger partial charge is 0.306 e. The Balaban J connectivity index is 2.33. The molecule has 292 valence electrons. The van der Waals surface area contributed by atoms with Gasteiger partial charge in [-0.25, -0.2) is 0 Å². The van der Waals surface area contributed by atoms with E-state index >= 15 is 0 Å². The zero-order chi connectivity index (χ0) is 36.5. The molecule has 0 amide bonds. The van der Waals surface area contributed by atoms with Crippen molar-refractivity contribution in [1.29, 1.82) is 0 Å². The summed E-state index contributed by atoms with van der Waals surface area (Å²) in [5.74, 6) is -0.331. The van der Waals surface area contributed by atoms with Gasteiger partial charge in [0.05, 0.1) is 19.8 Å². The standard InChI is InChI=1S/C41H74O9/c1-3-5-7-9-11-13-15-17-18-19-20-22-24-26-28-30-37(43)49-35(34-48-41-40(46)39(45)38(44)36(32-42)50-41)33-47-31-29-27-25-23-21-16-14-12-10-8-6-4-2/h5,7,11,13,17-18,35-36,38-42,44-46H,3-4,6,8-10,12,14-16,19-34H2,1-2H3/b7-5-,13-11-,18-17-. The van der Waals surface area contributed by atoms with E-state index in [2.05, 4.69) is 50.3 Å². The molecule has 1 heterocycles. The van der Waals surface area contributed by atoms with Crippen LogP contribution < -0.4 is 0 Å². The average Bonchev–Trinajstić information content (AvgIpc) is 3.11. The molecule has 1 fully saturated rings. The van der Waals surface area contributed by atoms with Crippen LogP contribution in [0.15, 0.2) is 36.5 Å². The van der Waals surface area contributed by atoms with Crippen molar-refractivity contribution in [2.24, 2.45) is 0 Å². The zero-order valence-corrected chi connectivity index (χ0v) is 31.6. The molecule has 1 aliphatic heterocycles. The van der Waals surface area contributed by atoms with Gasteiger partial charge in [-0.05, 0) is 44.9 Å². The van der Waals surface area contributed by atoms with E-state index in [1.807, 2.05) is 0 Å². The van der Waals surface area contributed by atoms with Gasteiger partial charge in [0.25, 0.3) is 0 Å². The molecule has 9 nitrogen and oxygen atoms in total. The van der Waals surface area contributed by atoms with Crippen molar-refractivity contribution in [1.82, 2.24) is 0 Å². The van der Waals surface area contributed by atoms with Crippen LogP contribution in [-0.2, 0) is 23.7 Å². The lowest BCUT2D eigenvalue weighted by atomic mass is 9.99. The van der Waals surface area contributed by atoms with Gasteiger partial charge in [0.2, 0.25) is 0 Å². The number of ether oxygens (including phenoxy) is 4. The van der Waals surface area contributed by atoms with Crippen LogP contribution in [0.5, 0.6) is 0 Å². The second-order valence-electron chi connectivity index (χ2n) is 13.7. The lowest BCUT2D eigenvalue weighted by molar-refractivity contribution is -0.305. The van der Waals surface area contributed by atoms with Crippen LogP contribution in [0.3, 0.4) is 0 Å². The topological polar surface area (TPSA) is 135 Å². The molecule has 6 unspecified atom stereocenters. The van der Waals surface area contributed by atoms with Gasteiger partial charge in [0, 0.05) is 13.0 Å². The number of aliphatic hydroxyl groups excluding tert-OH is 4. The summed E-state index contributed by atoms with van der Waals surface area (Å²) >= 11 is 0. The molecule has 1 saturated heterocycles. The van der Waals surface area contributed by atoms with Gasteiger partial charge >= 0.3 is 5.97 Å². The Bertz CT molecular complexity index is 859. The molecule has 0 aliphatic carbocycles. The Morgan fingerprint density at radius 1 is 0.660 bits per heavy atom. The number of aliphatic hydroxyl groups is 4. The van der Waals surface area contributed by atoms with E-state index in [1.165, 1.54) is 64.2 Å². The van der Waals surface area contributed by atoms with E-state index in [-0.39, 0.29) is 19.2 Å². The first-order chi connectivity index (χ1) is 24.4. The van der Waals surface area contributed by atoms with Gasteiger partial charge in [0.1, 0.15) is 30.5 Å². The number of carbonyl (C=O) groups excluding carboxylic acids is 1. The molecular weight excluding hydrogens is 636 g/mol. The molecular formula is C41H74O9. The summed E-state index contributed by atoms with van der Waals surface area (Å²) in [4.78, 5) is 12.7. The summed E-state index contributed by atoms with van der Waals surface area (Å²) in [5, 5.41) is 40.0.